The van der Waals surface area contributed by atoms with Crippen molar-refractivity contribution in [2.24, 2.45) is 21.2 Å². The Kier molecular flexibility index (Phi) is 1.54. The van der Waals surface area contributed by atoms with Crippen LogP contribution in [0.1, 0.15) is 0 Å². The van der Waals surface area contributed by atoms with E-state index in [9.17, 15) is 0 Å². The van der Waals surface area contributed by atoms with E-state index in [0.717, 1.165) is 0 Å². The summed E-state index contributed by atoms with van der Waals surface area (Å²) in [5.41, 5.74) is 4.90. The fourth-order valence-corrected chi connectivity index (χ4v) is 0.625. The smallest absolute Gasteiger partial charge is 0.181 e. The van der Waals surface area contributed by atoms with Crippen LogP contribution in [0.15, 0.2) is 15.4 Å². The molecule has 0 saturated carbocycles. The average Bonchev–Trinajstić information content (AvgIpc) is 2.16. The van der Waals surface area contributed by atoms with E-state index >= 15 is 0 Å². The molecular weight excluding hydrogens is 118 g/mol. The van der Waals surface area contributed by atoms with Gasteiger partial charge in [-0.1, -0.05) is 0 Å². The zero-order valence-electron chi connectivity index (χ0n) is 5.20. The van der Waals surface area contributed by atoms with Gasteiger partial charge in [-0.25, -0.2) is 0 Å². The lowest BCUT2D eigenvalue weighted by Crippen LogP contribution is -2.46. The van der Waals surface area contributed by atoms with Crippen LogP contribution in [0.3, 0.4) is 0 Å². The first-order chi connectivity index (χ1) is 4.27. The molecule has 1 rings (SSSR count). The van der Waals surface area contributed by atoms with E-state index < -0.39 is 5.66 Å². The van der Waals surface area contributed by atoms with E-state index in [1.54, 1.807) is 7.05 Å². The molecule has 1 heterocycles. The molecule has 0 aromatic rings. The predicted molar refractivity (Wildman–Crippen MR) is 34.2 cm³/mol. The van der Waals surface area contributed by atoms with Gasteiger partial charge in [-0.15, -0.1) is 10.2 Å². The Morgan fingerprint density at radius 2 is 2.56 bits per heavy atom. The monoisotopic (exact) mass is 127 g/mol. The highest BCUT2D eigenvalue weighted by Crippen LogP contribution is 2.04. The zero-order chi connectivity index (χ0) is 6.74. The molecule has 1 atom stereocenters. The molecule has 0 aromatic heterocycles. The second kappa shape index (κ2) is 2.20. The van der Waals surface area contributed by atoms with Gasteiger partial charge in [-0.2, -0.15) is 0 Å². The molecule has 1 unspecified atom stereocenters. The first-order valence-corrected chi connectivity index (χ1v) is 2.67. The van der Waals surface area contributed by atoms with Crippen LogP contribution in [-0.2, 0) is 0 Å². The van der Waals surface area contributed by atoms with Gasteiger partial charge in [0.25, 0.3) is 0 Å². The summed E-state index contributed by atoms with van der Waals surface area (Å²) in [6, 6.07) is 0. The Balaban J connectivity index is 2.53. The highest BCUT2D eigenvalue weighted by atomic mass is 15.4. The molecule has 0 aliphatic carbocycles. The van der Waals surface area contributed by atoms with E-state index in [1.165, 1.54) is 6.21 Å². The molecular formula is C4H9N5. The average molecular weight is 127 g/mol. The van der Waals surface area contributed by atoms with Crippen LogP contribution in [0.5, 0.6) is 0 Å². The van der Waals surface area contributed by atoms with E-state index in [1.807, 2.05) is 0 Å². The van der Waals surface area contributed by atoms with Crippen molar-refractivity contribution in [2.75, 3.05) is 13.6 Å². The summed E-state index contributed by atoms with van der Waals surface area (Å²) < 4.78 is 0. The maximum Gasteiger partial charge on any atom is 0.181 e. The molecule has 1 aliphatic heterocycles. The standard InChI is InChI=1S/C4H9N5/c1-6-2-4(5)3-7-9-8-4/h3,6H,2,5H2,1H3. The molecule has 0 bridgehead atoms. The van der Waals surface area contributed by atoms with Gasteiger partial charge in [0.15, 0.2) is 5.66 Å². The Hall–Kier alpha value is -0.810. The third-order valence-electron chi connectivity index (χ3n) is 1.02. The molecule has 0 spiro atoms. The van der Waals surface area contributed by atoms with Crippen molar-refractivity contribution < 1.29 is 0 Å². The summed E-state index contributed by atoms with van der Waals surface area (Å²) in [5.74, 6) is 0. The molecule has 0 fully saturated rings. The molecule has 9 heavy (non-hydrogen) atoms. The van der Waals surface area contributed by atoms with Crippen LogP contribution in [0.2, 0.25) is 0 Å². The first-order valence-electron chi connectivity index (χ1n) is 2.67. The van der Waals surface area contributed by atoms with Gasteiger partial charge >= 0.3 is 0 Å². The molecule has 0 saturated heterocycles. The van der Waals surface area contributed by atoms with Gasteiger partial charge in [0.05, 0.1) is 6.21 Å². The molecule has 1 aliphatic rings. The fourth-order valence-electron chi connectivity index (χ4n) is 0.625. The number of nitrogens with zero attached hydrogens (tertiary/aromatic N) is 3. The lowest BCUT2D eigenvalue weighted by molar-refractivity contribution is 0.553. The van der Waals surface area contributed by atoms with Crippen molar-refractivity contribution in [3.63, 3.8) is 0 Å². The SMILES string of the molecule is CNCC1(N)C=NN=N1. The fraction of sp³-hybridized carbons (Fsp3) is 0.750. The third kappa shape index (κ3) is 1.30. The molecule has 0 radical (unpaired) electrons. The minimum Gasteiger partial charge on any atom is -0.316 e. The van der Waals surface area contributed by atoms with Crippen molar-refractivity contribution in [3.05, 3.63) is 0 Å². The first kappa shape index (κ1) is 6.31. The number of hydrogen-bond donors (Lipinski definition) is 2. The minimum absolute atomic E-state index is 0.569. The number of likely N-dealkylation sites (N-methyl/N-ethyl adjacent to an activating group) is 1. The lowest BCUT2D eigenvalue weighted by Gasteiger charge is -2.12. The van der Waals surface area contributed by atoms with E-state index in [-0.39, 0.29) is 0 Å². The topological polar surface area (TPSA) is 75.1 Å². The molecule has 5 nitrogen and oxygen atoms in total. The maximum atomic E-state index is 5.60. The summed E-state index contributed by atoms with van der Waals surface area (Å²) in [7, 11) is 1.80. The summed E-state index contributed by atoms with van der Waals surface area (Å²) in [6.45, 7) is 0.569. The van der Waals surface area contributed by atoms with Gasteiger partial charge < -0.3 is 5.32 Å². The van der Waals surface area contributed by atoms with Gasteiger partial charge in [-0.05, 0) is 12.3 Å². The Morgan fingerprint density at radius 1 is 1.78 bits per heavy atom. The number of nitrogens with two attached hydrogens (primary N) is 1. The maximum absolute atomic E-state index is 5.60. The van der Waals surface area contributed by atoms with Gasteiger partial charge in [0, 0.05) is 6.54 Å². The molecule has 0 amide bonds. The number of nitrogens with one attached hydrogen (secondary N) is 1. The highest BCUT2D eigenvalue weighted by molar-refractivity contribution is 5.70. The highest BCUT2D eigenvalue weighted by Gasteiger charge is 2.23. The minimum atomic E-state index is -0.700. The van der Waals surface area contributed by atoms with E-state index in [4.69, 9.17) is 5.73 Å². The molecule has 3 N–H and O–H groups in total. The van der Waals surface area contributed by atoms with Crippen molar-refractivity contribution in [3.8, 4) is 0 Å². The quantitative estimate of drug-likeness (QED) is 0.515. The predicted octanol–water partition coefficient (Wildman–Crippen LogP) is -0.688. The van der Waals surface area contributed by atoms with Crippen LogP contribution in [0.4, 0.5) is 0 Å². The van der Waals surface area contributed by atoms with Crippen LogP contribution in [-0.4, -0.2) is 25.5 Å². The Morgan fingerprint density at radius 3 is 3.00 bits per heavy atom. The summed E-state index contributed by atoms with van der Waals surface area (Å²) in [4.78, 5) is 0. The second-order valence-electron chi connectivity index (χ2n) is 1.96. The third-order valence-corrected chi connectivity index (χ3v) is 1.02. The Labute approximate surface area is 53.0 Å². The zero-order valence-corrected chi connectivity index (χ0v) is 5.20. The van der Waals surface area contributed by atoms with Crippen LogP contribution >= 0.6 is 0 Å². The Bertz CT molecular complexity index is 137. The number of hydrogen-bond acceptors (Lipinski definition) is 5. The van der Waals surface area contributed by atoms with Crippen molar-refractivity contribution in [1.29, 1.82) is 0 Å². The molecule has 5 heteroatoms. The van der Waals surface area contributed by atoms with Crippen molar-refractivity contribution in [1.82, 2.24) is 5.32 Å². The molecule has 0 aromatic carbocycles. The second-order valence-corrected chi connectivity index (χ2v) is 1.96. The van der Waals surface area contributed by atoms with Gasteiger partial charge in [0.2, 0.25) is 0 Å². The largest absolute Gasteiger partial charge is 0.316 e. The van der Waals surface area contributed by atoms with Crippen LogP contribution < -0.4 is 11.1 Å². The van der Waals surface area contributed by atoms with Gasteiger partial charge in [-0.3, -0.25) is 5.73 Å². The summed E-state index contributed by atoms with van der Waals surface area (Å²) >= 11 is 0. The summed E-state index contributed by atoms with van der Waals surface area (Å²) in [6.07, 6.45) is 1.52. The normalized spacial score (nSPS) is 31.8. The number of rotatable bonds is 2. The van der Waals surface area contributed by atoms with Gasteiger partial charge in [0.1, 0.15) is 0 Å². The van der Waals surface area contributed by atoms with Crippen LogP contribution in [0, 0.1) is 0 Å². The van der Waals surface area contributed by atoms with Crippen molar-refractivity contribution in [2.45, 2.75) is 5.66 Å². The lowest BCUT2D eigenvalue weighted by atomic mass is 10.2. The van der Waals surface area contributed by atoms with E-state index in [0.29, 0.717) is 6.54 Å². The summed E-state index contributed by atoms with van der Waals surface area (Å²) in [5, 5.41) is 13.5. The van der Waals surface area contributed by atoms with Crippen LogP contribution in [0.25, 0.3) is 0 Å². The van der Waals surface area contributed by atoms with E-state index in [2.05, 4.69) is 20.8 Å². The van der Waals surface area contributed by atoms with Crippen molar-refractivity contribution >= 4 is 6.21 Å². The molecule has 50 valence electrons.